The maximum atomic E-state index is 9.97. The van der Waals surface area contributed by atoms with E-state index in [1.807, 2.05) is 6.92 Å². The number of nitrogens with zero attached hydrogens (tertiary/aromatic N) is 2. The zero-order valence-corrected chi connectivity index (χ0v) is 20.6. The van der Waals surface area contributed by atoms with Gasteiger partial charge in [0.15, 0.2) is 0 Å². The van der Waals surface area contributed by atoms with E-state index in [1.165, 1.54) is 22.3 Å². The van der Waals surface area contributed by atoms with Gasteiger partial charge in [-0.05, 0) is 53.9 Å². The molecule has 4 nitrogen and oxygen atoms in total. The van der Waals surface area contributed by atoms with E-state index in [0.717, 1.165) is 24.2 Å². The van der Waals surface area contributed by atoms with Crippen LogP contribution in [0.25, 0.3) is 0 Å². The zero-order valence-electron chi connectivity index (χ0n) is 20.6. The SMILES string of the molecule is CCO/C(Nc1c(CC)cccc1CC)=C(/C#N)C=Nc1c(C(C)C)cccc1C(C)C. The monoisotopic (exact) mass is 431 g/mol. The second-order valence-electron chi connectivity index (χ2n) is 8.42. The maximum absolute atomic E-state index is 9.97. The number of aryl methyl sites for hydroxylation is 2. The molecule has 0 spiro atoms. The van der Waals surface area contributed by atoms with Gasteiger partial charge in [-0.1, -0.05) is 77.9 Å². The summed E-state index contributed by atoms with van der Waals surface area (Å²) in [5.74, 6) is 1.12. The summed E-state index contributed by atoms with van der Waals surface area (Å²) in [4.78, 5) is 4.82. The van der Waals surface area contributed by atoms with Crippen molar-refractivity contribution < 1.29 is 4.74 Å². The highest BCUT2D eigenvalue weighted by atomic mass is 16.5. The number of nitrogens with one attached hydrogen (secondary N) is 1. The molecule has 0 fully saturated rings. The number of anilines is 1. The van der Waals surface area contributed by atoms with Crippen LogP contribution < -0.4 is 5.32 Å². The molecular formula is C28H37N3O. The van der Waals surface area contributed by atoms with Gasteiger partial charge in [0.1, 0.15) is 11.6 Å². The van der Waals surface area contributed by atoms with E-state index in [4.69, 9.17) is 9.73 Å². The van der Waals surface area contributed by atoms with Gasteiger partial charge in [0.2, 0.25) is 5.88 Å². The van der Waals surface area contributed by atoms with Crippen molar-refractivity contribution >= 4 is 17.6 Å². The second-order valence-corrected chi connectivity index (χ2v) is 8.42. The fourth-order valence-electron chi connectivity index (χ4n) is 3.77. The van der Waals surface area contributed by atoms with Crippen LogP contribution in [0.4, 0.5) is 11.4 Å². The summed E-state index contributed by atoms with van der Waals surface area (Å²) in [5.41, 5.74) is 7.11. The summed E-state index contributed by atoms with van der Waals surface area (Å²) in [7, 11) is 0. The summed E-state index contributed by atoms with van der Waals surface area (Å²) in [6.07, 6.45) is 3.43. The van der Waals surface area contributed by atoms with Crippen LogP contribution in [0.15, 0.2) is 52.8 Å². The number of ether oxygens (including phenoxy) is 1. The summed E-state index contributed by atoms with van der Waals surface area (Å²) in [5, 5.41) is 13.4. The summed E-state index contributed by atoms with van der Waals surface area (Å²) < 4.78 is 5.90. The fourth-order valence-corrected chi connectivity index (χ4v) is 3.77. The maximum Gasteiger partial charge on any atom is 0.211 e. The third-order valence-electron chi connectivity index (χ3n) is 5.56. The van der Waals surface area contributed by atoms with Crippen LogP contribution in [0.1, 0.15) is 82.6 Å². The van der Waals surface area contributed by atoms with Crippen LogP contribution in [-0.4, -0.2) is 12.8 Å². The Bertz CT molecular complexity index is 961. The Labute approximate surface area is 194 Å². The van der Waals surface area contributed by atoms with Crippen molar-refractivity contribution in [1.29, 1.82) is 5.26 Å². The number of aliphatic imine (C=N–C) groups is 1. The van der Waals surface area contributed by atoms with Crippen molar-refractivity contribution in [2.45, 2.75) is 73.1 Å². The van der Waals surface area contributed by atoms with Crippen LogP contribution in [0.3, 0.4) is 0 Å². The predicted octanol–water partition coefficient (Wildman–Crippen LogP) is 7.64. The molecule has 2 aromatic rings. The predicted molar refractivity (Wildman–Crippen MR) is 136 cm³/mol. The van der Waals surface area contributed by atoms with Crippen molar-refractivity contribution in [3.63, 3.8) is 0 Å². The highest BCUT2D eigenvalue weighted by Crippen LogP contribution is 2.34. The molecule has 0 atom stereocenters. The van der Waals surface area contributed by atoms with Gasteiger partial charge in [0.25, 0.3) is 0 Å². The van der Waals surface area contributed by atoms with Gasteiger partial charge in [-0.2, -0.15) is 5.26 Å². The van der Waals surface area contributed by atoms with Crippen LogP contribution in [-0.2, 0) is 17.6 Å². The Balaban J connectivity index is 2.59. The molecule has 32 heavy (non-hydrogen) atoms. The Morgan fingerprint density at radius 3 is 1.94 bits per heavy atom. The molecule has 0 saturated carbocycles. The topological polar surface area (TPSA) is 57.4 Å². The van der Waals surface area contributed by atoms with Crippen molar-refractivity contribution in [2.75, 3.05) is 11.9 Å². The summed E-state index contributed by atoms with van der Waals surface area (Å²) in [6, 6.07) is 14.9. The van der Waals surface area contributed by atoms with E-state index >= 15 is 0 Å². The average Bonchev–Trinajstić information content (AvgIpc) is 2.79. The van der Waals surface area contributed by atoms with E-state index in [9.17, 15) is 5.26 Å². The first-order valence-electron chi connectivity index (χ1n) is 11.7. The minimum Gasteiger partial charge on any atom is -0.478 e. The number of nitriles is 1. The lowest BCUT2D eigenvalue weighted by Gasteiger charge is -2.18. The van der Waals surface area contributed by atoms with Crippen LogP contribution >= 0.6 is 0 Å². The van der Waals surface area contributed by atoms with Crippen LogP contribution in [0.2, 0.25) is 0 Å². The molecular weight excluding hydrogens is 394 g/mol. The van der Waals surface area contributed by atoms with E-state index in [0.29, 0.717) is 29.9 Å². The van der Waals surface area contributed by atoms with Crippen molar-refractivity contribution in [3.05, 3.63) is 70.1 Å². The van der Waals surface area contributed by atoms with Crippen molar-refractivity contribution in [3.8, 4) is 6.07 Å². The lowest BCUT2D eigenvalue weighted by atomic mass is 9.93. The highest BCUT2D eigenvalue weighted by molar-refractivity contribution is 5.88. The van der Waals surface area contributed by atoms with Gasteiger partial charge >= 0.3 is 0 Å². The molecule has 2 rings (SSSR count). The first kappa shape index (κ1) is 25.2. The van der Waals surface area contributed by atoms with E-state index in [2.05, 4.69) is 89.3 Å². The molecule has 0 saturated heterocycles. The smallest absolute Gasteiger partial charge is 0.211 e. The molecule has 0 aromatic heterocycles. The van der Waals surface area contributed by atoms with Gasteiger partial charge in [-0.25, -0.2) is 0 Å². The standard InChI is InChI=1S/C28H37N3O/c1-8-21-13-11-14-22(9-2)26(21)31-28(32-10-3)23(17-29)18-30-27-24(19(4)5)15-12-16-25(27)20(6)7/h11-16,18-20,31H,8-10H2,1-7H3/b28-23-,30-18?. The second kappa shape index (κ2) is 12.1. The fraction of sp³-hybridized carbons (Fsp3) is 0.429. The average molecular weight is 432 g/mol. The molecule has 0 radical (unpaired) electrons. The van der Waals surface area contributed by atoms with E-state index < -0.39 is 0 Å². The molecule has 4 heteroatoms. The lowest BCUT2D eigenvalue weighted by molar-refractivity contribution is 0.234. The number of hydrogen-bond donors (Lipinski definition) is 1. The van der Waals surface area contributed by atoms with Gasteiger partial charge in [-0.3, -0.25) is 4.99 Å². The third kappa shape index (κ3) is 6.01. The van der Waals surface area contributed by atoms with Gasteiger partial charge < -0.3 is 10.1 Å². The van der Waals surface area contributed by atoms with Crippen LogP contribution in [0.5, 0.6) is 0 Å². The number of hydrogen-bond acceptors (Lipinski definition) is 4. The zero-order chi connectivity index (χ0) is 23.7. The van der Waals surface area contributed by atoms with Gasteiger partial charge in [0, 0.05) is 5.69 Å². The number of para-hydroxylation sites is 2. The van der Waals surface area contributed by atoms with E-state index in [1.54, 1.807) is 6.21 Å². The Hall–Kier alpha value is -3.06. The normalized spacial score (nSPS) is 12.2. The molecule has 0 bridgehead atoms. The number of benzene rings is 2. The lowest BCUT2D eigenvalue weighted by Crippen LogP contribution is -2.11. The highest BCUT2D eigenvalue weighted by Gasteiger charge is 2.15. The minimum atomic E-state index is 0.336. The van der Waals surface area contributed by atoms with Gasteiger partial charge in [0.05, 0.1) is 18.5 Å². The molecule has 170 valence electrons. The number of rotatable bonds is 10. The van der Waals surface area contributed by atoms with Gasteiger partial charge in [-0.15, -0.1) is 0 Å². The molecule has 1 N–H and O–H groups in total. The largest absolute Gasteiger partial charge is 0.478 e. The third-order valence-corrected chi connectivity index (χ3v) is 5.56. The molecule has 0 amide bonds. The molecule has 0 aliphatic rings. The molecule has 0 aliphatic carbocycles. The van der Waals surface area contributed by atoms with E-state index in [-0.39, 0.29) is 0 Å². The Morgan fingerprint density at radius 1 is 0.969 bits per heavy atom. The molecule has 0 aliphatic heterocycles. The first-order valence-corrected chi connectivity index (χ1v) is 11.7. The minimum absolute atomic E-state index is 0.336. The van der Waals surface area contributed by atoms with Crippen molar-refractivity contribution in [2.24, 2.45) is 4.99 Å². The Kier molecular flexibility index (Phi) is 9.53. The Morgan fingerprint density at radius 2 is 1.50 bits per heavy atom. The summed E-state index contributed by atoms with van der Waals surface area (Å²) in [6.45, 7) is 15.3. The first-order chi connectivity index (χ1) is 15.4. The quantitative estimate of drug-likeness (QED) is 0.239. The van der Waals surface area contributed by atoms with Crippen LogP contribution in [0, 0.1) is 11.3 Å². The molecule has 0 heterocycles. The molecule has 2 aromatic carbocycles. The summed E-state index contributed by atoms with van der Waals surface area (Å²) >= 11 is 0. The number of allylic oxidation sites excluding steroid dienone is 1. The van der Waals surface area contributed by atoms with Crippen molar-refractivity contribution in [1.82, 2.24) is 0 Å². The molecule has 0 unspecified atom stereocenters.